The second kappa shape index (κ2) is 6.37. The first kappa shape index (κ1) is 15.7. The van der Waals surface area contributed by atoms with E-state index in [0.29, 0.717) is 20.9 Å². The van der Waals surface area contributed by atoms with Crippen molar-refractivity contribution in [3.63, 3.8) is 0 Å². The maximum absolute atomic E-state index is 12.2. The van der Waals surface area contributed by atoms with E-state index in [1.165, 1.54) is 19.2 Å². The molecule has 0 spiro atoms. The van der Waals surface area contributed by atoms with Gasteiger partial charge in [0.25, 0.3) is 5.91 Å². The second-order valence-electron chi connectivity index (χ2n) is 4.42. The van der Waals surface area contributed by atoms with Crippen molar-refractivity contribution in [2.45, 2.75) is 6.92 Å². The van der Waals surface area contributed by atoms with Crippen molar-refractivity contribution < 1.29 is 14.6 Å². The molecule has 6 heteroatoms. The fourth-order valence-corrected chi connectivity index (χ4v) is 2.48. The topological polar surface area (TPSA) is 58.6 Å². The van der Waals surface area contributed by atoms with Crippen LogP contribution in [-0.4, -0.2) is 18.1 Å². The highest BCUT2D eigenvalue weighted by atomic mass is 79.9. The summed E-state index contributed by atoms with van der Waals surface area (Å²) in [6.07, 6.45) is 0. The molecule has 4 nitrogen and oxygen atoms in total. The second-order valence-corrected chi connectivity index (χ2v) is 5.68. The van der Waals surface area contributed by atoms with Crippen LogP contribution in [0.2, 0.25) is 5.02 Å². The van der Waals surface area contributed by atoms with Crippen LogP contribution in [-0.2, 0) is 0 Å². The van der Waals surface area contributed by atoms with Crippen LogP contribution in [0.4, 0.5) is 5.69 Å². The summed E-state index contributed by atoms with van der Waals surface area (Å²) >= 11 is 9.42. The standard InChI is InChI=1S/C15H13BrClNO3/c1-8-5-11(16)13(7-12(8)17)18-15(20)10-4-3-9(21-2)6-14(10)19/h3-7,19H,1-2H3,(H,18,20). The number of carbonyl (C=O) groups is 1. The van der Waals surface area contributed by atoms with Gasteiger partial charge in [-0.2, -0.15) is 0 Å². The number of phenols is 1. The van der Waals surface area contributed by atoms with E-state index in [9.17, 15) is 9.90 Å². The van der Waals surface area contributed by atoms with Crippen molar-refractivity contribution in [2.75, 3.05) is 12.4 Å². The summed E-state index contributed by atoms with van der Waals surface area (Å²) in [5.41, 5.74) is 1.58. The molecule has 0 aromatic heterocycles. The van der Waals surface area contributed by atoms with Crippen LogP contribution in [0, 0.1) is 6.92 Å². The molecule has 2 aromatic carbocycles. The minimum absolute atomic E-state index is 0.152. The highest BCUT2D eigenvalue weighted by Gasteiger charge is 2.14. The van der Waals surface area contributed by atoms with E-state index < -0.39 is 5.91 Å². The van der Waals surface area contributed by atoms with Gasteiger partial charge in [-0.3, -0.25) is 4.79 Å². The lowest BCUT2D eigenvalue weighted by Gasteiger charge is -2.11. The lowest BCUT2D eigenvalue weighted by molar-refractivity contribution is 0.102. The molecule has 21 heavy (non-hydrogen) atoms. The van der Waals surface area contributed by atoms with Crippen LogP contribution < -0.4 is 10.1 Å². The molecule has 0 aliphatic rings. The fourth-order valence-electron chi connectivity index (χ4n) is 1.76. The molecule has 2 aromatic rings. The minimum Gasteiger partial charge on any atom is -0.507 e. The Morgan fingerprint density at radius 1 is 1.33 bits per heavy atom. The van der Waals surface area contributed by atoms with Crippen molar-refractivity contribution in [3.8, 4) is 11.5 Å². The summed E-state index contributed by atoms with van der Waals surface area (Å²) in [4.78, 5) is 12.2. The molecule has 0 heterocycles. The van der Waals surface area contributed by atoms with Gasteiger partial charge < -0.3 is 15.2 Å². The molecule has 0 fully saturated rings. The number of phenolic OH excluding ortho intramolecular Hbond substituents is 1. The lowest BCUT2D eigenvalue weighted by atomic mass is 10.1. The first-order chi connectivity index (χ1) is 9.92. The first-order valence-electron chi connectivity index (χ1n) is 6.06. The molecule has 0 unspecified atom stereocenters. The number of benzene rings is 2. The molecule has 2 N–H and O–H groups in total. The van der Waals surface area contributed by atoms with Crippen molar-refractivity contribution in [1.82, 2.24) is 0 Å². The summed E-state index contributed by atoms with van der Waals surface area (Å²) in [5, 5.41) is 13.1. The molecular weight excluding hydrogens is 358 g/mol. The summed E-state index contributed by atoms with van der Waals surface area (Å²) in [7, 11) is 1.49. The Hall–Kier alpha value is -1.72. The van der Waals surface area contributed by atoms with Crippen molar-refractivity contribution in [1.29, 1.82) is 0 Å². The monoisotopic (exact) mass is 369 g/mol. The Morgan fingerprint density at radius 2 is 2.05 bits per heavy atom. The van der Waals surface area contributed by atoms with Crippen LogP contribution in [0.3, 0.4) is 0 Å². The van der Waals surface area contributed by atoms with Crippen LogP contribution >= 0.6 is 27.5 Å². The third kappa shape index (κ3) is 3.49. The number of nitrogens with one attached hydrogen (secondary N) is 1. The number of rotatable bonds is 3. The summed E-state index contributed by atoms with van der Waals surface area (Å²) in [5.74, 6) is -0.111. The third-order valence-corrected chi connectivity index (χ3v) is 4.01. The van der Waals surface area contributed by atoms with E-state index >= 15 is 0 Å². The molecule has 0 atom stereocenters. The molecule has 0 bridgehead atoms. The smallest absolute Gasteiger partial charge is 0.259 e. The van der Waals surface area contributed by atoms with Gasteiger partial charge >= 0.3 is 0 Å². The van der Waals surface area contributed by atoms with Gasteiger partial charge in [0.05, 0.1) is 18.4 Å². The van der Waals surface area contributed by atoms with Gasteiger partial charge in [-0.1, -0.05) is 11.6 Å². The number of hydrogen-bond donors (Lipinski definition) is 2. The van der Waals surface area contributed by atoms with Crippen molar-refractivity contribution in [3.05, 3.63) is 51.0 Å². The normalized spacial score (nSPS) is 10.3. The van der Waals surface area contributed by atoms with Crippen molar-refractivity contribution >= 4 is 39.1 Å². The van der Waals surface area contributed by atoms with Gasteiger partial charge in [-0.15, -0.1) is 0 Å². The average molecular weight is 371 g/mol. The number of anilines is 1. The Bertz CT molecular complexity index is 704. The zero-order valence-electron chi connectivity index (χ0n) is 11.4. The van der Waals surface area contributed by atoms with E-state index in [1.807, 2.05) is 13.0 Å². The van der Waals surface area contributed by atoms with Gasteiger partial charge in [0.1, 0.15) is 11.5 Å². The van der Waals surface area contributed by atoms with Crippen LogP contribution in [0.5, 0.6) is 11.5 Å². The number of amides is 1. The molecule has 0 saturated carbocycles. The number of aromatic hydroxyl groups is 1. The van der Waals surface area contributed by atoms with Gasteiger partial charge in [0, 0.05) is 15.6 Å². The van der Waals surface area contributed by atoms with Crippen LogP contribution in [0.15, 0.2) is 34.8 Å². The van der Waals surface area contributed by atoms with Crippen LogP contribution in [0.25, 0.3) is 0 Å². The molecule has 0 saturated heterocycles. The highest BCUT2D eigenvalue weighted by Crippen LogP contribution is 2.30. The van der Waals surface area contributed by atoms with E-state index in [1.54, 1.807) is 12.1 Å². The minimum atomic E-state index is -0.434. The molecule has 0 radical (unpaired) electrons. The first-order valence-corrected chi connectivity index (χ1v) is 7.23. The predicted molar refractivity (Wildman–Crippen MR) is 86.5 cm³/mol. The van der Waals surface area contributed by atoms with Crippen LogP contribution in [0.1, 0.15) is 15.9 Å². The number of ether oxygens (including phenoxy) is 1. The number of halogens is 2. The van der Waals surface area contributed by atoms with Gasteiger partial charge in [-0.25, -0.2) is 0 Å². The van der Waals surface area contributed by atoms with E-state index in [2.05, 4.69) is 21.2 Å². The number of aryl methyl sites for hydroxylation is 1. The largest absolute Gasteiger partial charge is 0.507 e. The van der Waals surface area contributed by atoms with E-state index in [0.717, 1.165) is 5.56 Å². The van der Waals surface area contributed by atoms with Gasteiger partial charge in [0.15, 0.2) is 0 Å². The quantitative estimate of drug-likeness (QED) is 0.843. The SMILES string of the molecule is COc1ccc(C(=O)Nc2cc(Cl)c(C)cc2Br)c(O)c1. The zero-order chi connectivity index (χ0) is 15.6. The molecule has 110 valence electrons. The number of hydrogen-bond acceptors (Lipinski definition) is 3. The molecule has 0 aliphatic heterocycles. The Morgan fingerprint density at radius 3 is 2.67 bits per heavy atom. The summed E-state index contributed by atoms with van der Waals surface area (Å²) in [6, 6.07) is 7.94. The van der Waals surface area contributed by atoms with Gasteiger partial charge in [-0.05, 0) is 52.7 Å². The maximum atomic E-state index is 12.2. The fraction of sp³-hybridized carbons (Fsp3) is 0.133. The Kier molecular flexibility index (Phi) is 4.75. The number of methoxy groups -OCH3 is 1. The maximum Gasteiger partial charge on any atom is 0.259 e. The Labute approximate surface area is 135 Å². The zero-order valence-corrected chi connectivity index (χ0v) is 13.7. The molecule has 2 rings (SSSR count). The molecule has 1 amide bonds. The Balaban J connectivity index is 2.28. The molecular formula is C15H13BrClNO3. The number of carbonyl (C=O) groups excluding carboxylic acids is 1. The molecule has 0 aliphatic carbocycles. The van der Waals surface area contributed by atoms with E-state index in [4.69, 9.17) is 16.3 Å². The highest BCUT2D eigenvalue weighted by molar-refractivity contribution is 9.10. The predicted octanol–water partition coefficient (Wildman–Crippen LogP) is 4.38. The summed E-state index contributed by atoms with van der Waals surface area (Å²) in [6.45, 7) is 1.87. The lowest BCUT2D eigenvalue weighted by Crippen LogP contribution is -2.12. The van der Waals surface area contributed by atoms with Crippen molar-refractivity contribution in [2.24, 2.45) is 0 Å². The summed E-state index contributed by atoms with van der Waals surface area (Å²) < 4.78 is 5.69. The van der Waals surface area contributed by atoms with Gasteiger partial charge in [0.2, 0.25) is 0 Å². The average Bonchev–Trinajstić information content (AvgIpc) is 2.44. The third-order valence-electron chi connectivity index (χ3n) is 2.95. The van der Waals surface area contributed by atoms with E-state index in [-0.39, 0.29) is 11.3 Å².